The summed E-state index contributed by atoms with van der Waals surface area (Å²) in [5.41, 5.74) is 6.38. The van der Waals surface area contributed by atoms with Crippen LogP contribution in [0.2, 0.25) is 5.02 Å². The van der Waals surface area contributed by atoms with Gasteiger partial charge < -0.3 is 19.4 Å². The molecular formula is C27H21ClN6O2. The summed E-state index contributed by atoms with van der Waals surface area (Å²) in [6.45, 7) is 3.89. The number of pyridine rings is 2. The maximum Gasteiger partial charge on any atom is 0.275 e. The van der Waals surface area contributed by atoms with Gasteiger partial charge in [0.1, 0.15) is 5.69 Å². The number of fused-ring (bicyclic) bond motifs is 2. The maximum absolute atomic E-state index is 13.2. The summed E-state index contributed by atoms with van der Waals surface area (Å²) in [7, 11) is 1.78. The number of nitrogens with one attached hydrogen (secondary N) is 2. The number of hydrogen-bond donors (Lipinski definition) is 2. The Morgan fingerprint density at radius 3 is 2.72 bits per heavy atom. The Morgan fingerprint density at radius 2 is 1.86 bits per heavy atom. The van der Waals surface area contributed by atoms with Crippen molar-refractivity contribution in [1.82, 2.24) is 24.7 Å². The fourth-order valence-electron chi connectivity index (χ4n) is 4.38. The largest absolute Gasteiger partial charge is 0.351 e. The van der Waals surface area contributed by atoms with E-state index in [4.69, 9.17) is 16.1 Å². The fraction of sp³-hybridized carbons (Fsp3) is 0.111. The minimum absolute atomic E-state index is 0.0749. The number of nitrogens with zero attached hydrogens (tertiary/aromatic N) is 4. The molecule has 0 amide bonds. The van der Waals surface area contributed by atoms with Crippen molar-refractivity contribution < 1.29 is 4.52 Å². The van der Waals surface area contributed by atoms with E-state index >= 15 is 0 Å². The van der Waals surface area contributed by atoms with E-state index in [0.717, 1.165) is 44.3 Å². The van der Waals surface area contributed by atoms with Crippen LogP contribution in [0.25, 0.3) is 44.5 Å². The third-order valence-corrected chi connectivity index (χ3v) is 6.50. The van der Waals surface area contributed by atoms with Gasteiger partial charge in [-0.05, 0) is 78.7 Å². The number of anilines is 2. The zero-order valence-corrected chi connectivity index (χ0v) is 20.5. The summed E-state index contributed by atoms with van der Waals surface area (Å²) in [6, 6.07) is 17.1. The molecule has 0 fully saturated rings. The third-order valence-electron chi connectivity index (χ3n) is 6.27. The Labute approximate surface area is 210 Å². The average Bonchev–Trinajstić information content (AvgIpc) is 3.49. The number of halogens is 1. The number of aryl methyl sites for hydroxylation is 3. The molecule has 0 radical (unpaired) electrons. The number of aromatic amines is 1. The molecule has 0 spiro atoms. The highest BCUT2D eigenvalue weighted by molar-refractivity contribution is 6.31. The second-order valence-corrected chi connectivity index (χ2v) is 9.24. The van der Waals surface area contributed by atoms with Crippen LogP contribution in [0, 0.1) is 13.8 Å². The van der Waals surface area contributed by atoms with Crippen molar-refractivity contribution in [3.8, 4) is 22.7 Å². The van der Waals surface area contributed by atoms with Crippen molar-refractivity contribution >= 4 is 45.0 Å². The summed E-state index contributed by atoms with van der Waals surface area (Å²) in [5.74, 6) is 0.658. The van der Waals surface area contributed by atoms with Crippen LogP contribution >= 0.6 is 11.6 Å². The van der Waals surface area contributed by atoms with E-state index < -0.39 is 0 Å². The van der Waals surface area contributed by atoms with Gasteiger partial charge in [-0.2, -0.15) is 4.98 Å². The van der Waals surface area contributed by atoms with E-state index in [9.17, 15) is 4.79 Å². The monoisotopic (exact) mass is 496 g/mol. The van der Waals surface area contributed by atoms with Gasteiger partial charge in [-0.15, -0.1) is 0 Å². The van der Waals surface area contributed by atoms with Crippen LogP contribution in [0.1, 0.15) is 11.3 Å². The maximum atomic E-state index is 13.2. The molecule has 178 valence electrons. The Bertz CT molecular complexity index is 1850. The van der Waals surface area contributed by atoms with E-state index in [1.165, 1.54) is 0 Å². The molecule has 8 nitrogen and oxygen atoms in total. The SMILES string of the molecule is Cc1cc2c(cn1)cc(-c1cc(Nc3noc(-c4cc5cc(Cl)ccc5[nH]4)n3)ccc1C)c(=O)n2C. The van der Waals surface area contributed by atoms with Gasteiger partial charge in [-0.3, -0.25) is 9.78 Å². The molecule has 0 bridgehead atoms. The lowest BCUT2D eigenvalue weighted by Gasteiger charge is -2.12. The lowest BCUT2D eigenvalue weighted by atomic mass is 9.99. The van der Waals surface area contributed by atoms with Crippen LogP contribution in [0.15, 0.2) is 70.1 Å². The van der Waals surface area contributed by atoms with Gasteiger partial charge in [0.25, 0.3) is 17.4 Å². The van der Waals surface area contributed by atoms with Crippen LogP contribution in [0.5, 0.6) is 0 Å². The summed E-state index contributed by atoms with van der Waals surface area (Å²) >= 11 is 6.09. The van der Waals surface area contributed by atoms with E-state index in [1.807, 2.05) is 68.4 Å². The quantitative estimate of drug-likeness (QED) is 0.303. The normalized spacial score (nSPS) is 11.4. The molecule has 6 rings (SSSR count). The summed E-state index contributed by atoms with van der Waals surface area (Å²) in [5, 5.41) is 9.76. The van der Waals surface area contributed by atoms with Crippen LogP contribution in [0.3, 0.4) is 0 Å². The minimum atomic E-state index is -0.0749. The molecule has 6 aromatic rings. The summed E-state index contributed by atoms with van der Waals surface area (Å²) in [6.07, 6.45) is 1.80. The van der Waals surface area contributed by atoms with Crippen molar-refractivity contribution in [2.24, 2.45) is 7.05 Å². The molecule has 2 aromatic carbocycles. The van der Waals surface area contributed by atoms with Crippen molar-refractivity contribution in [3.63, 3.8) is 0 Å². The van der Waals surface area contributed by atoms with E-state index in [-0.39, 0.29) is 5.56 Å². The van der Waals surface area contributed by atoms with Crippen molar-refractivity contribution in [2.75, 3.05) is 5.32 Å². The Balaban J connectivity index is 1.34. The van der Waals surface area contributed by atoms with Gasteiger partial charge in [0, 0.05) is 51.5 Å². The molecular weight excluding hydrogens is 476 g/mol. The second kappa shape index (κ2) is 8.35. The highest BCUT2D eigenvalue weighted by Crippen LogP contribution is 2.29. The first-order chi connectivity index (χ1) is 17.4. The highest BCUT2D eigenvalue weighted by atomic mass is 35.5. The molecule has 9 heteroatoms. The van der Waals surface area contributed by atoms with E-state index in [1.54, 1.807) is 17.8 Å². The minimum Gasteiger partial charge on any atom is -0.351 e. The predicted octanol–water partition coefficient (Wildman–Crippen LogP) is 6.15. The zero-order chi connectivity index (χ0) is 25.0. The lowest BCUT2D eigenvalue weighted by molar-refractivity contribution is 0.432. The highest BCUT2D eigenvalue weighted by Gasteiger charge is 2.15. The smallest absolute Gasteiger partial charge is 0.275 e. The van der Waals surface area contributed by atoms with Crippen LogP contribution in [0.4, 0.5) is 11.6 Å². The number of rotatable bonds is 4. The molecule has 0 aliphatic rings. The van der Waals surface area contributed by atoms with Gasteiger partial charge in [-0.1, -0.05) is 17.7 Å². The molecule has 0 saturated carbocycles. The number of H-pyrrole nitrogens is 1. The lowest BCUT2D eigenvalue weighted by Crippen LogP contribution is -2.19. The van der Waals surface area contributed by atoms with Crippen molar-refractivity contribution in [3.05, 3.63) is 87.4 Å². The molecule has 4 aromatic heterocycles. The fourth-order valence-corrected chi connectivity index (χ4v) is 4.56. The van der Waals surface area contributed by atoms with Crippen LogP contribution in [-0.2, 0) is 7.05 Å². The van der Waals surface area contributed by atoms with Gasteiger partial charge in [0.05, 0.1) is 5.52 Å². The molecule has 36 heavy (non-hydrogen) atoms. The molecule has 0 unspecified atom stereocenters. The van der Waals surface area contributed by atoms with Crippen LogP contribution in [-0.4, -0.2) is 24.7 Å². The van der Waals surface area contributed by atoms with Gasteiger partial charge in [-0.25, -0.2) is 0 Å². The Hall–Kier alpha value is -4.43. The average molecular weight is 497 g/mol. The summed E-state index contributed by atoms with van der Waals surface area (Å²) < 4.78 is 7.13. The zero-order valence-electron chi connectivity index (χ0n) is 19.8. The van der Waals surface area contributed by atoms with Crippen molar-refractivity contribution in [2.45, 2.75) is 13.8 Å². The standard InChI is InChI=1S/C27H21ClN6O2/c1-14-4-6-19(12-20(14)21-10-17-13-29-15(2)8-24(17)34(3)26(21)35)30-27-32-25(36-33-27)23-11-16-9-18(28)5-7-22(16)31-23/h4-13,31H,1-3H3,(H,30,33). The molecule has 0 aliphatic heterocycles. The first-order valence-electron chi connectivity index (χ1n) is 11.3. The molecule has 0 atom stereocenters. The third kappa shape index (κ3) is 3.81. The first kappa shape index (κ1) is 22.1. The van der Waals surface area contributed by atoms with Crippen LogP contribution < -0.4 is 10.9 Å². The number of hydrogen-bond acceptors (Lipinski definition) is 6. The van der Waals surface area contributed by atoms with E-state index in [0.29, 0.717) is 28.1 Å². The second-order valence-electron chi connectivity index (χ2n) is 8.80. The molecule has 4 heterocycles. The topological polar surface area (TPSA) is 102 Å². The summed E-state index contributed by atoms with van der Waals surface area (Å²) in [4.78, 5) is 25.4. The Kier molecular flexibility index (Phi) is 5.12. The molecule has 2 N–H and O–H groups in total. The molecule has 0 saturated heterocycles. The van der Waals surface area contributed by atoms with Gasteiger partial charge in [0.2, 0.25) is 0 Å². The first-order valence-corrected chi connectivity index (χ1v) is 11.7. The van der Waals surface area contributed by atoms with E-state index in [2.05, 4.69) is 25.4 Å². The number of aromatic nitrogens is 5. The predicted molar refractivity (Wildman–Crippen MR) is 142 cm³/mol. The molecule has 0 aliphatic carbocycles. The van der Waals surface area contributed by atoms with Gasteiger partial charge in [0.15, 0.2) is 0 Å². The van der Waals surface area contributed by atoms with Crippen molar-refractivity contribution in [1.29, 1.82) is 0 Å². The number of benzene rings is 2. The Morgan fingerprint density at radius 1 is 1.00 bits per heavy atom. The van der Waals surface area contributed by atoms with Gasteiger partial charge >= 0.3 is 0 Å².